The highest BCUT2D eigenvalue weighted by molar-refractivity contribution is 6.41. The number of piperidine rings is 1. The number of halogens is 2. The number of nitrogens with one attached hydrogen (secondary N) is 1. The summed E-state index contributed by atoms with van der Waals surface area (Å²) in [5, 5.41) is 0.561. The minimum atomic E-state index is -0.724. The van der Waals surface area contributed by atoms with Crippen LogP contribution in [0.2, 0.25) is 10.2 Å². The van der Waals surface area contributed by atoms with Crippen molar-refractivity contribution in [2.45, 2.75) is 18.3 Å². The van der Waals surface area contributed by atoms with Crippen molar-refractivity contribution >= 4 is 35.1 Å². The second-order valence-corrected chi connectivity index (χ2v) is 6.86. The molecule has 1 aromatic carbocycles. The van der Waals surface area contributed by atoms with Crippen LogP contribution < -0.4 is 0 Å². The zero-order valence-electron chi connectivity index (χ0n) is 13.7. The first kappa shape index (κ1) is 17.8. The summed E-state index contributed by atoms with van der Waals surface area (Å²) in [5.74, 6) is -0.447. The van der Waals surface area contributed by atoms with E-state index >= 15 is 0 Å². The SMILES string of the molecule is COC(=O)C1(c2ccccc2)CCN(C(=O)c2cc(Cl)c(Cl)[nH]2)CC1. The van der Waals surface area contributed by atoms with Crippen LogP contribution in [0.15, 0.2) is 36.4 Å². The van der Waals surface area contributed by atoms with Gasteiger partial charge in [0.15, 0.2) is 0 Å². The first-order chi connectivity index (χ1) is 12.0. The third-order valence-electron chi connectivity index (χ3n) is 4.76. The van der Waals surface area contributed by atoms with Gasteiger partial charge in [-0.3, -0.25) is 9.59 Å². The van der Waals surface area contributed by atoms with Gasteiger partial charge in [-0.15, -0.1) is 0 Å². The number of likely N-dealkylation sites (tertiary alicyclic amines) is 1. The van der Waals surface area contributed by atoms with Gasteiger partial charge >= 0.3 is 5.97 Å². The van der Waals surface area contributed by atoms with Gasteiger partial charge < -0.3 is 14.6 Å². The van der Waals surface area contributed by atoms with Crippen LogP contribution in [0.4, 0.5) is 0 Å². The fourth-order valence-corrected chi connectivity index (χ4v) is 3.66. The Morgan fingerprint density at radius 2 is 1.80 bits per heavy atom. The Balaban J connectivity index is 1.80. The van der Waals surface area contributed by atoms with Crippen LogP contribution >= 0.6 is 23.2 Å². The summed E-state index contributed by atoms with van der Waals surface area (Å²) in [5.41, 5.74) is 0.540. The van der Waals surface area contributed by atoms with Crippen LogP contribution in [0, 0.1) is 0 Å². The molecule has 1 aliphatic rings. The maximum absolute atomic E-state index is 12.6. The standard InChI is InChI=1S/C18H18Cl2N2O3/c1-25-17(24)18(12-5-3-2-4-6-12)7-9-22(10-8-18)16(23)14-11-13(19)15(20)21-14/h2-6,11,21H,7-10H2,1H3. The molecule has 0 atom stereocenters. The fraction of sp³-hybridized carbons (Fsp3) is 0.333. The first-order valence-corrected chi connectivity index (χ1v) is 8.71. The van der Waals surface area contributed by atoms with E-state index in [-0.39, 0.29) is 17.0 Å². The number of rotatable bonds is 3. The second-order valence-electron chi connectivity index (χ2n) is 6.08. The van der Waals surface area contributed by atoms with Crippen molar-refractivity contribution in [1.82, 2.24) is 9.88 Å². The van der Waals surface area contributed by atoms with Gasteiger partial charge in [-0.25, -0.2) is 0 Å². The van der Waals surface area contributed by atoms with Crippen LogP contribution in [0.3, 0.4) is 0 Å². The van der Waals surface area contributed by atoms with Gasteiger partial charge in [-0.05, 0) is 24.5 Å². The maximum atomic E-state index is 12.6. The molecule has 25 heavy (non-hydrogen) atoms. The molecule has 1 aliphatic heterocycles. The monoisotopic (exact) mass is 380 g/mol. The molecular weight excluding hydrogens is 363 g/mol. The molecule has 3 rings (SSSR count). The van der Waals surface area contributed by atoms with Gasteiger partial charge in [0.05, 0.1) is 17.5 Å². The number of aromatic nitrogens is 1. The summed E-state index contributed by atoms with van der Waals surface area (Å²) in [4.78, 5) is 29.6. The van der Waals surface area contributed by atoms with Crippen LogP contribution in [-0.4, -0.2) is 42.0 Å². The predicted molar refractivity (Wildman–Crippen MR) is 96.1 cm³/mol. The lowest BCUT2D eigenvalue weighted by Crippen LogP contribution is -2.49. The molecule has 1 fully saturated rings. The number of nitrogens with zero attached hydrogens (tertiary/aromatic N) is 1. The molecule has 0 radical (unpaired) electrons. The van der Waals surface area contributed by atoms with Gasteiger partial charge in [0.2, 0.25) is 0 Å². The smallest absolute Gasteiger partial charge is 0.316 e. The number of ether oxygens (including phenoxy) is 1. The highest BCUT2D eigenvalue weighted by Gasteiger charge is 2.44. The molecule has 2 heterocycles. The average Bonchev–Trinajstić information content (AvgIpc) is 3.00. The second kappa shape index (κ2) is 7.10. The molecule has 1 saturated heterocycles. The fourth-order valence-electron chi connectivity index (χ4n) is 3.34. The topological polar surface area (TPSA) is 62.4 Å². The summed E-state index contributed by atoms with van der Waals surface area (Å²) in [6.07, 6.45) is 0.995. The number of hydrogen-bond acceptors (Lipinski definition) is 3. The van der Waals surface area contributed by atoms with Gasteiger partial charge in [0.25, 0.3) is 5.91 Å². The molecule has 0 spiro atoms. The number of benzene rings is 1. The van der Waals surface area contributed by atoms with Crippen LogP contribution in [0.5, 0.6) is 0 Å². The molecule has 7 heteroatoms. The third kappa shape index (κ3) is 3.26. The van der Waals surface area contributed by atoms with E-state index in [1.165, 1.54) is 13.2 Å². The van der Waals surface area contributed by atoms with Crippen molar-refractivity contribution in [3.63, 3.8) is 0 Å². The summed E-state index contributed by atoms with van der Waals surface area (Å²) in [6.45, 7) is 0.883. The number of carbonyl (C=O) groups excluding carboxylic acids is 2. The van der Waals surface area contributed by atoms with E-state index in [9.17, 15) is 9.59 Å². The largest absolute Gasteiger partial charge is 0.468 e. The molecule has 0 aliphatic carbocycles. The van der Waals surface area contributed by atoms with E-state index in [0.717, 1.165) is 5.56 Å². The van der Waals surface area contributed by atoms with E-state index in [4.69, 9.17) is 27.9 Å². The highest BCUT2D eigenvalue weighted by atomic mass is 35.5. The van der Waals surface area contributed by atoms with Crippen LogP contribution in [0.1, 0.15) is 28.9 Å². The quantitative estimate of drug-likeness (QED) is 0.826. The Hall–Kier alpha value is -1.98. The molecule has 0 bridgehead atoms. The lowest BCUT2D eigenvalue weighted by atomic mass is 9.72. The lowest BCUT2D eigenvalue weighted by molar-refractivity contribution is -0.149. The van der Waals surface area contributed by atoms with Crippen LogP contribution in [-0.2, 0) is 14.9 Å². The highest BCUT2D eigenvalue weighted by Crippen LogP contribution is 2.37. The van der Waals surface area contributed by atoms with E-state index < -0.39 is 5.41 Å². The Labute approximate surface area is 155 Å². The summed E-state index contributed by atoms with van der Waals surface area (Å²) < 4.78 is 5.06. The summed E-state index contributed by atoms with van der Waals surface area (Å²) >= 11 is 11.8. The van der Waals surface area contributed by atoms with Crippen molar-refractivity contribution in [2.75, 3.05) is 20.2 Å². The molecule has 5 nitrogen and oxygen atoms in total. The van der Waals surface area contributed by atoms with E-state index in [1.54, 1.807) is 4.90 Å². The lowest BCUT2D eigenvalue weighted by Gasteiger charge is -2.39. The molecule has 1 N–H and O–H groups in total. The first-order valence-electron chi connectivity index (χ1n) is 7.95. The Morgan fingerprint density at radius 1 is 1.16 bits per heavy atom. The molecule has 0 unspecified atom stereocenters. The van der Waals surface area contributed by atoms with Gasteiger partial charge in [-0.1, -0.05) is 53.5 Å². The number of H-pyrrole nitrogens is 1. The van der Waals surface area contributed by atoms with Crippen molar-refractivity contribution < 1.29 is 14.3 Å². The number of amides is 1. The number of aromatic amines is 1. The van der Waals surface area contributed by atoms with Gasteiger partial charge in [0, 0.05) is 13.1 Å². The third-order valence-corrected chi connectivity index (χ3v) is 5.46. The average molecular weight is 381 g/mol. The van der Waals surface area contributed by atoms with E-state index in [1.807, 2.05) is 30.3 Å². The zero-order chi connectivity index (χ0) is 18.0. The normalized spacial score (nSPS) is 16.5. The Kier molecular flexibility index (Phi) is 5.06. The summed E-state index contributed by atoms with van der Waals surface area (Å²) in [7, 11) is 1.40. The Bertz CT molecular complexity index is 761. The molecule has 0 saturated carbocycles. The number of carbonyl (C=O) groups is 2. The molecule has 132 valence electrons. The molecule has 1 aromatic heterocycles. The van der Waals surface area contributed by atoms with Crippen molar-refractivity contribution in [3.05, 3.63) is 57.8 Å². The minimum Gasteiger partial charge on any atom is -0.468 e. The molecular formula is C18H18Cl2N2O3. The maximum Gasteiger partial charge on any atom is 0.316 e. The predicted octanol–water partition coefficient (Wildman–Crippen LogP) is 3.67. The van der Waals surface area contributed by atoms with Crippen LogP contribution in [0.25, 0.3) is 0 Å². The minimum absolute atomic E-state index is 0.180. The van der Waals surface area contributed by atoms with E-state index in [0.29, 0.717) is 36.6 Å². The number of hydrogen-bond donors (Lipinski definition) is 1. The van der Waals surface area contributed by atoms with Gasteiger partial charge in [-0.2, -0.15) is 0 Å². The van der Waals surface area contributed by atoms with Crippen molar-refractivity contribution in [2.24, 2.45) is 0 Å². The molecule has 1 amide bonds. The van der Waals surface area contributed by atoms with E-state index in [2.05, 4.69) is 4.98 Å². The van der Waals surface area contributed by atoms with Crippen molar-refractivity contribution in [1.29, 1.82) is 0 Å². The number of esters is 1. The zero-order valence-corrected chi connectivity index (χ0v) is 15.2. The van der Waals surface area contributed by atoms with Gasteiger partial charge in [0.1, 0.15) is 10.8 Å². The van der Waals surface area contributed by atoms with Crippen molar-refractivity contribution in [3.8, 4) is 0 Å². The molecule has 2 aromatic rings. The summed E-state index contributed by atoms with van der Waals surface area (Å²) in [6, 6.07) is 11.1. The number of methoxy groups -OCH3 is 1. The Morgan fingerprint density at radius 3 is 2.32 bits per heavy atom.